The molecule has 4 nitrogen and oxygen atoms in total. The monoisotopic (exact) mass is 207 g/mol. The zero-order chi connectivity index (χ0) is 11.2. The third-order valence-electron chi connectivity index (χ3n) is 2.86. The van der Waals surface area contributed by atoms with Gasteiger partial charge in [0.1, 0.15) is 0 Å². The number of methoxy groups -OCH3 is 1. The van der Waals surface area contributed by atoms with E-state index in [1.807, 2.05) is 6.92 Å². The highest BCUT2D eigenvalue weighted by molar-refractivity contribution is 6.04. The van der Waals surface area contributed by atoms with E-state index in [-0.39, 0.29) is 28.9 Å². The number of phenolic OH excluding ortho intramolecular Hbond substituents is 1. The lowest BCUT2D eigenvalue weighted by Gasteiger charge is -2.09. The van der Waals surface area contributed by atoms with Gasteiger partial charge in [-0.2, -0.15) is 0 Å². The van der Waals surface area contributed by atoms with Crippen molar-refractivity contribution in [3.8, 4) is 11.5 Å². The molecule has 0 radical (unpaired) electrons. The minimum absolute atomic E-state index is 0.0613. The Morgan fingerprint density at radius 3 is 2.87 bits per heavy atom. The van der Waals surface area contributed by atoms with E-state index in [0.717, 1.165) is 5.56 Å². The van der Waals surface area contributed by atoms with Gasteiger partial charge in [-0.1, -0.05) is 6.92 Å². The Morgan fingerprint density at radius 2 is 2.27 bits per heavy atom. The molecule has 0 aromatic heterocycles. The molecule has 1 aliphatic carbocycles. The van der Waals surface area contributed by atoms with Crippen LogP contribution in [-0.4, -0.2) is 18.0 Å². The van der Waals surface area contributed by atoms with Crippen molar-refractivity contribution in [2.24, 2.45) is 5.92 Å². The first-order valence-electron chi connectivity index (χ1n) is 4.78. The summed E-state index contributed by atoms with van der Waals surface area (Å²) < 4.78 is 4.95. The molecule has 0 heterocycles. The standard InChI is InChI=1S/C11H13NO3/c1-5-3-6-7(10(5)13)4-8(15-2)11(14)9(6)12/h4-5,14H,3,12H2,1-2H3. The van der Waals surface area contributed by atoms with Crippen LogP contribution in [0.3, 0.4) is 0 Å². The van der Waals surface area contributed by atoms with Crippen LogP contribution in [0, 0.1) is 5.92 Å². The Kier molecular flexibility index (Phi) is 2.07. The second kappa shape index (κ2) is 3.15. The molecule has 80 valence electrons. The largest absolute Gasteiger partial charge is 0.503 e. The van der Waals surface area contributed by atoms with Crippen molar-refractivity contribution >= 4 is 11.5 Å². The smallest absolute Gasteiger partial charge is 0.181 e. The van der Waals surface area contributed by atoms with Crippen molar-refractivity contribution in [3.05, 3.63) is 17.2 Å². The molecule has 4 heteroatoms. The highest BCUT2D eigenvalue weighted by Crippen LogP contribution is 2.42. The number of ether oxygens (including phenoxy) is 1. The molecule has 1 aromatic rings. The molecule has 1 unspecified atom stereocenters. The van der Waals surface area contributed by atoms with Gasteiger partial charge >= 0.3 is 0 Å². The maximum absolute atomic E-state index is 11.7. The van der Waals surface area contributed by atoms with E-state index in [1.54, 1.807) is 6.07 Å². The van der Waals surface area contributed by atoms with E-state index in [2.05, 4.69) is 0 Å². The number of Topliss-reactive ketones (excluding diaryl/α,β-unsaturated/α-hetero) is 1. The average Bonchev–Trinajstić information content (AvgIpc) is 2.50. The molecule has 0 bridgehead atoms. The number of anilines is 1. The van der Waals surface area contributed by atoms with Gasteiger partial charge in [0.25, 0.3) is 0 Å². The Balaban J connectivity index is 2.66. The van der Waals surface area contributed by atoms with E-state index in [9.17, 15) is 9.90 Å². The van der Waals surface area contributed by atoms with Crippen LogP contribution in [0.5, 0.6) is 11.5 Å². The number of carbonyl (C=O) groups excluding carboxylic acids is 1. The third kappa shape index (κ3) is 1.25. The van der Waals surface area contributed by atoms with Crippen LogP contribution in [0.1, 0.15) is 22.8 Å². The van der Waals surface area contributed by atoms with Crippen LogP contribution in [0.2, 0.25) is 0 Å². The molecule has 15 heavy (non-hydrogen) atoms. The maximum Gasteiger partial charge on any atom is 0.181 e. The molecule has 1 aliphatic rings. The lowest BCUT2D eigenvalue weighted by Crippen LogP contribution is -2.03. The van der Waals surface area contributed by atoms with Gasteiger partial charge in [0.2, 0.25) is 0 Å². The molecule has 0 saturated heterocycles. The summed E-state index contributed by atoms with van der Waals surface area (Å²) in [6.07, 6.45) is 0.595. The first-order valence-corrected chi connectivity index (χ1v) is 4.78. The Bertz CT molecular complexity index is 440. The number of hydrogen-bond donors (Lipinski definition) is 2. The van der Waals surface area contributed by atoms with Gasteiger partial charge < -0.3 is 15.6 Å². The molecule has 1 aromatic carbocycles. The summed E-state index contributed by atoms with van der Waals surface area (Å²) in [5, 5.41) is 9.67. The van der Waals surface area contributed by atoms with Crippen LogP contribution in [0.25, 0.3) is 0 Å². The van der Waals surface area contributed by atoms with E-state index in [4.69, 9.17) is 10.5 Å². The predicted molar refractivity (Wildman–Crippen MR) is 56.3 cm³/mol. The quantitative estimate of drug-likeness (QED) is 0.538. The fourth-order valence-corrected chi connectivity index (χ4v) is 1.97. The average molecular weight is 207 g/mol. The summed E-state index contributed by atoms with van der Waals surface area (Å²) in [6, 6.07) is 1.56. The fourth-order valence-electron chi connectivity index (χ4n) is 1.97. The van der Waals surface area contributed by atoms with Gasteiger partial charge in [-0.05, 0) is 18.1 Å². The predicted octanol–water partition coefficient (Wildman–Crippen LogP) is 1.36. The zero-order valence-electron chi connectivity index (χ0n) is 8.70. The van der Waals surface area contributed by atoms with Gasteiger partial charge in [-0.3, -0.25) is 4.79 Å². The first kappa shape index (κ1) is 9.83. The van der Waals surface area contributed by atoms with Crippen molar-refractivity contribution in [1.82, 2.24) is 0 Å². The third-order valence-corrected chi connectivity index (χ3v) is 2.86. The molecular weight excluding hydrogens is 194 g/mol. The number of hydrogen-bond acceptors (Lipinski definition) is 4. The second-order valence-electron chi connectivity index (χ2n) is 3.84. The zero-order valence-corrected chi connectivity index (χ0v) is 8.70. The SMILES string of the molecule is COc1cc2c(c(N)c1O)CC(C)C2=O. The summed E-state index contributed by atoms with van der Waals surface area (Å²) in [4.78, 5) is 11.7. The summed E-state index contributed by atoms with van der Waals surface area (Å²) in [5.41, 5.74) is 7.34. The normalized spacial score (nSPS) is 19.1. The van der Waals surface area contributed by atoms with E-state index < -0.39 is 0 Å². The molecule has 1 atom stereocenters. The van der Waals surface area contributed by atoms with Crippen molar-refractivity contribution in [2.75, 3.05) is 12.8 Å². The number of benzene rings is 1. The first-order chi connectivity index (χ1) is 7.06. The Hall–Kier alpha value is -1.71. The van der Waals surface area contributed by atoms with Crippen molar-refractivity contribution in [1.29, 1.82) is 0 Å². The summed E-state index contributed by atoms with van der Waals surface area (Å²) in [5.74, 6) is 0.190. The number of nitrogen functional groups attached to an aromatic ring is 1. The van der Waals surface area contributed by atoms with Crippen molar-refractivity contribution < 1.29 is 14.6 Å². The number of rotatable bonds is 1. The molecule has 0 spiro atoms. The number of ketones is 1. The van der Waals surface area contributed by atoms with Gasteiger partial charge in [-0.25, -0.2) is 0 Å². The maximum atomic E-state index is 11.7. The molecule has 0 aliphatic heterocycles. The summed E-state index contributed by atoms with van der Waals surface area (Å²) in [7, 11) is 1.43. The number of fused-ring (bicyclic) bond motifs is 1. The van der Waals surface area contributed by atoms with Crippen LogP contribution in [0.4, 0.5) is 5.69 Å². The molecule has 0 amide bonds. The fraction of sp³-hybridized carbons (Fsp3) is 0.364. The van der Waals surface area contributed by atoms with Crippen LogP contribution in [-0.2, 0) is 6.42 Å². The molecular formula is C11H13NO3. The van der Waals surface area contributed by atoms with E-state index >= 15 is 0 Å². The van der Waals surface area contributed by atoms with Gasteiger partial charge in [0, 0.05) is 11.5 Å². The Morgan fingerprint density at radius 1 is 1.60 bits per heavy atom. The topological polar surface area (TPSA) is 72.6 Å². The molecule has 2 rings (SSSR count). The number of carbonyl (C=O) groups is 1. The van der Waals surface area contributed by atoms with Crippen molar-refractivity contribution in [3.63, 3.8) is 0 Å². The Labute approximate surface area is 87.7 Å². The van der Waals surface area contributed by atoms with Crippen LogP contribution < -0.4 is 10.5 Å². The van der Waals surface area contributed by atoms with E-state index in [1.165, 1.54) is 7.11 Å². The van der Waals surface area contributed by atoms with Crippen LogP contribution >= 0.6 is 0 Å². The molecule has 0 saturated carbocycles. The van der Waals surface area contributed by atoms with Gasteiger partial charge in [-0.15, -0.1) is 0 Å². The van der Waals surface area contributed by atoms with Crippen molar-refractivity contribution in [2.45, 2.75) is 13.3 Å². The lowest BCUT2D eigenvalue weighted by molar-refractivity contribution is 0.0946. The minimum atomic E-state index is -0.0712. The lowest BCUT2D eigenvalue weighted by atomic mass is 10.1. The van der Waals surface area contributed by atoms with E-state index in [0.29, 0.717) is 12.0 Å². The minimum Gasteiger partial charge on any atom is -0.503 e. The summed E-state index contributed by atoms with van der Waals surface area (Å²) in [6.45, 7) is 1.85. The molecule has 3 N–H and O–H groups in total. The highest BCUT2D eigenvalue weighted by Gasteiger charge is 2.31. The number of phenols is 1. The summed E-state index contributed by atoms with van der Waals surface area (Å²) >= 11 is 0. The highest BCUT2D eigenvalue weighted by atomic mass is 16.5. The molecule has 0 fully saturated rings. The second-order valence-corrected chi connectivity index (χ2v) is 3.84. The van der Waals surface area contributed by atoms with Crippen LogP contribution in [0.15, 0.2) is 6.07 Å². The number of nitrogens with two attached hydrogens (primary N) is 1. The van der Waals surface area contributed by atoms with Gasteiger partial charge in [0.05, 0.1) is 12.8 Å². The number of aromatic hydroxyl groups is 1. The van der Waals surface area contributed by atoms with Gasteiger partial charge in [0.15, 0.2) is 17.3 Å².